The van der Waals surface area contributed by atoms with E-state index in [2.05, 4.69) is 19.8 Å². The van der Waals surface area contributed by atoms with Gasteiger partial charge in [-0.1, -0.05) is 5.16 Å². The van der Waals surface area contributed by atoms with E-state index in [-0.39, 0.29) is 28.5 Å². The lowest BCUT2D eigenvalue weighted by molar-refractivity contribution is -0.150. The molecule has 0 aromatic carbocycles. The largest absolute Gasteiger partial charge is 0.477 e. The normalized spacial score (nSPS) is 24.5. The van der Waals surface area contributed by atoms with Crippen LogP contribution in [0.3, 0.4) is 0 Å². The molecule has 3 aliphatic rings. The highest BCUT2D eigenvalue weighted by Gasteiger charge is 2.54. The lowest BCUT2D eigenvalue weighted by atomic mass is 10.0. The highest BCUT2D eigenvalue weighted by Crippen LogP contribution is 2.40. The van der Waals surface area contributed by atoms with Gasteiger partial charge in [-0.15, -0.1) is 11.8 Å². The Morgan fingerprint density at radius 2 is 2.10 bits per heavy atom. The van der Waals surface area contributed by atoms with E-state index in [9.17, 15) is 19.5 Å². The monoisotopic (exact) mass is 452 g/mol. The Morgan fingerprint density at radius 3 is 2.73 bits per heavy atom. The van der Waals surface area contributed by atoms with Gasteiger partial charge in [0.1, 0.15) is 23.2 Å². The number of β-lactam (4-membered cyclic amide) rings is 1. The number of carboxylic acid groups (broad SMARTS) is 1. The summed E-state index contributed by atoms with van der Waals surface area (Å²) in [5.41, 5.74) is 6.05. The maximum Gasteiger partial charge on any atom is 0.352 e. The van der Waals surface area contributed by atoms with Crippen molar-refractivity contribution in [3.05, 3.63) is 17.1 Å². The Labute approximate surface area is 179 Å². The zero-order valence-electron chi connectivity index (χ0n) is 16.0. The molecule has 1 saturated carbocycles. The number of carbonyl (C=O) groups excluding carboxylic acids is 2. The molecule has 0 bridgehead atoms. The van der Waals surface area contributed by atoms with E-state index in [1.54, 1.807) is 6.92 Å². The third-order valence-electron chi connectivity index (χ3n) is 5.11. The van der Waals surface area contributed by atoms with Gasteiger partial charge in [-0.25, -0.2) is 4.79 Å². The van der Waals surface area contributed by atoms with Gasteiger partial charge in [-0.3, -0.25) is 14.5 Å². The minimum atomic E-state index is -1.16. The number of hydrogen-bond acceptors (Lipinski definition) is 10. The van der Waals surface area contributed by atoms with Gasteiger partial charge in [0, 0.05) is 17.3 Å². The van der Waals surface area contributed by atoms with Crippen molar-refractivity contribution in [3.63, 3.8) is 0 Å². The van der Waals surface area contributed by atoms with Crippen LogP contribution in [0.1, 0.15) is 38.4 Å². The van der Waals surface area contributed by atoms with Gasteiger partial charge < -0.3 is 21.0 Å². The van der Waals surface area contributed by atoms with Crippen molar-refractivity contribution in [1.82, 2.24) is 19.6 Å². The molecule has 30 heavy (non-hydrogen) atoms. The molecule has 0 radical (unpaired) electrons. The summed E-state index contributed by atoms with van der Waals surface area (Å²) in [5, 5.41) is 15.7. The molecule has 4 rings (SSSR count). The number of thioether (sulfide) groups is 1. The molecule has 1 unspecified atom stereocenters. The molecule has 0 spiro atoms. The Kier molecular flexibility index (Phi) is 5.64. The van der Waals surface area contributed by atoms with Crippen LogP contribution in [0.25, 0.3) is 0 Å². The second-order valence-electron chi connectivity index (χ2n) is 7.20. The number of rotatable bonds is 6. The number of nitrogens with one attached hydrogen (secondary N) is 1. The third-order valence-corrected chi connectivity index (χ3v) is 7.08. The van der Waals surface area contributed by atoms with Gasteiger partial charge in [-0.2, -0.15) is 9.36 Å². The van der Waals surface area contributed by atoms with Gasteiger partial charge in [0.15, 0.2) is 5.13 Å². The number of oxime groups is 1. The number of anilines is 1. The van der Waals surface area contributed by atoms with E-state index in [0.29, 0.717) is 11.3 Å². The van der Waals surface area contributed by atoms with Crippen molar-refractivity contribution in [2.75, 3.05) is 11.5 Å². The highest BCUT2D eigenvalue weighted by atomic mass is 32.2. The molecule has 1 aromatic rings. The van der Waals surface area contributed by atoms with Gasteiger partial charge in [0.25, 0.3) is 11.8 Å². The van der Waals surface area contributed by atoms with E-state index in [1.807, 2.05) is 0 Å². The number of carbonyl (C=O) groups is 3. The third kappa shape index (κ3) is 3.74. The maximum atomic E-state index is 12.9. The van der Waals surface area contributed by atoms with Crippen LogP contribution in [-0.4, -0.2) is 66.1 Å². The molecule has 2 fully saturated rings. The van der Waals surface area contributed by atoms with Crippen LogP contribution in [-0.2, 0) is 19.2 Å². The molecule has 1 aliphatic carbocycles. The molecular weight excluding hydrogens is 432 g/mol. The fraction of sp³-hybridized carbons (Fsp3) is 0.529. The smallest absolute Gasteiger partial charge is 0.352 e. The summed E-state index contributed by atoms with van der Waals surface area (Å²) in [6, 6.07) is -0.877. The number of aliphatic carboxylic acids is 1. The van der Waals surface area contributed by atoms with Crippen LogP contribution in [0.4, 0.5) is 5.13 Å². The average Bonchev–Trinajstić information content (AvgIpc) is 3.37. The molecule has 2 atom stereocenters. The Morgan fingerprint density at radius 1 is 1.37 bits per heavy atom. The lowest BCUT2D eigenvalue weighted by Gasteiger charge is -2.49. The van der Waals surface area contributed by atoms with Crippen molar-refractivity contribution in [3.8, 4) is 0 Å². The maximum absolute atomic E-state index is 12.9. The Hall–Kier alpha value is -2.67. The van der Waals surface area contributed by atoms with Gasteiger partial charge >= 0.3 is 5.97 Å². The van der Waals surface area contributed by atoms with Crippen molar-refractivity contribution in [2.45, 2.75) is 50.1 Å². The van der Waals surface area contributed by atoms with Crippen LogP contribution in [0.2, 0.25) is 0 Å². The predicted octanol–water partition coefficient (Wildman–Crippen LogP) is 0.542. The van der Waals surface area contributed by atoms with Crippen LogP contribution in [0.15, 0.2) is 16.4 Å². The summed E-state index contributed by atoms with van der Waals surface area (Å²) in [5.74, 6) is -1.84. The van der Waals surface area contributed by atoms with Crippen LogP contribution in [0, 0.1) is 0 Å². The molecule has 1 aromatic heterocycles. The SMILES string of the molecule is CC1=C(C(=O)O)N2C(=O)C(NC(=O)C(=NOC3CCCC3)c3nsc(N)n3)[C@@H]2SC1. The van der Waals surface area contributed by atoms with Crippen LogP contribution >= 0.6 is 23.3 Å². The number of nitrogens with two attached hydrogens (primary N) is 1. The first-order valence-electron chi connectivity index (χ1n) is 9.38. The number of nitrogen functional groups attached to an aromatic ring is 1. The number of carboxylic acids is 1. The first kappa shape index (κ1) is 20.6. The summed E-state index contributed by atoms with van der Waals surface area (Å²) < 4.78 is 4.03. The van der Waals surface area contributed by atoms with Crippen molar-refractivity contribution in [2.24, 2.45) is 5.16 Å². The molecular formula is C17H20N6O5S2. The second kappa shape index (κ2) is 8.22. The van der Waals surface area contributed by atoms with Gasteiger partial charge in [0.05, 0.1) is 0 Å². The van der Waals surface area contributed by atoms with E-state index in [4.69, 9.17) is 10.6 Å². The number of fused-ring (bicyclic) bond motifs is 1. The Bertz CT molecular complexity index is 954. The fourth-order valence-corrected chi connectivity index (χ4v) is 5.35. The fourth-order valence-electron chi connectivity index (χ4n) is 3.62. The molecule has 11 nitrogen and oxygen atoms in total. The summed E-state index contributed by atoms with van der Waals surface area (Å²) in [4.78, 5) is 47.8. The topological polar surface area (TPSA) is 160 Å². The summed E-state index contributed by atoms with van der Waals surface area (Å²) in [7, 11) is 0. The van der Waals surface area contributed by atoms with E-state index < -0.39 is 29.2 Å². The zero-order valence-corrected chi connectivity index (χ0v) is 17.7. The Balaban J connectivity index is 1.51. The molecule has 160 valence electrons. The average molecular weight is 453 g/mol. The first-order chi connectivity index (χ1) is 14.4. The molecule has 4 N–H and O–H groups in total. The number of amides is 2. The summed E-state index contributed by atoms with van der Waals surface area (Å²) in [6.07, 6.45) is 3.69. The predicted molar refractivity (Wildman–Crippen MR) is 110 cm³/mol. The minimum absolute atomic E-state index is 0.0230. The van der Waals surface area contributed by atoms with Crippen molar-refractivity contribution < 1.29 is 24.3 Å². The number of nitrogens with zero attached hydrogens (tertiary/aromatic N) is 4. The summed E-state index contributed by atoms with van der Waals surface area (Å²) >= 11 is 2.31. The van der Waals surface area contributed by atoms with E-state index >= 15 is 0 Å². The quantitative estimate of drug-likeness (QED) is 0.318. The standard InChI is InChI=1S/C17H20N6O5S2/c1-7-6-29-15-10(14(25)23(15)11(7)16(26)27)19-13(24)9(12-20-17(18)30-22-12)21-28-8-4-2-3-5-8/h8,10,15H,2-6H2,1H3,(H,19,24)(H,26,27)(H2,18,20,22)/t10?,15-/m0/s1. The number of aromatic nitrogens is 2. The molecule has 2 amide bonds. The molecule has 1 saturated heterocycles. The van der Waals surface area contributed by atoms with Gasteiger partial charge in [0.2, 0.25) is 11.5 Å². The van der Waals surface area contributed by atoms with Crippen LogP contribution < -0.4 is 11.1 Å². The van der Waals surface area contributed by atoms with Crippen molar-refractivity contribution in [1.29, 1.82) is 0 Å². The minimum Gasteiger partial charge on any atom is -0.477 e. The molecule has 2 aliphatic heterocycles. The molecule has 13 heteroatoms. The number of hydrogen-bond donors (Lipinski definition) is 3. The second-order valence-corrected chi connectivity index (χ2v) is 9.09. The van der Waals surface area contributed by atoms with E-state index in [1.165, 1.54) is 16.7 Å². The first-order valence-corrected chi connectivity index (χ1v) is 11.2. The van der Waals surface area contributed by atoms with Crippen LogP contribution in [0.5, 0.6) is 0 Å². The van der Waals surface area contributed by atoms with Gasteiger partial charge in [-0.05, 0) is 38.2 Å². The summed E-state index contributed by atoms with van der Waals surface area (Å²) in [6.45, 7) is 1.68. The van der Waals surface area contributed by atoms with Crippen molar-refractivity contribution >= 4 is 51.9 Å². The zero-order chi connectivity index (χ0) is 21.4. The highest BCUT2D eigenvalue weighted by molar-refractivity contribution is 8.00. The lowest BCUT2D eigenvalue weighted by Crippen LogP contribution is -2.71. The molecule has 3 heterocycles. The van der Waals surface area contributed by atoms with E-state index in [0.717, 1.165) is 37.2 Å².